The fourth-order valence-electron chi connectivity index (χ4n) is 10.3. The maximum atomic E-state index is 14.6. The molecule has 0 radical (unpaired) electrons. The number of benzene rings is 4. The number of thiazole rings is 1. The molecule has 5 heterocycles. The molecule has 0 unspecified atom stereocenters. The number of nitrogens with one attached hydrogen (secondary N) is 3. The lowest BCUT2D eigenvalue weighted by molar-refractivity contribution is -0.160. The number of aryl methyl sites for hydroxylation is 1. The number of methoxy groups -OCH3 is 1. The van der Waals surface area contributed by atoms with Gasteiger partial charge in [0.2, 0.25) is 0 Å². The molecule has 7 aromatic rings. The lowest BCUT2D eigenvalue weighted by Crippen LogP contribution is -2.46. The van der Waals surface area contributed by atoms with Crippen LogP contribution in [0.25, 0.3) is 27.5 Å². The molecule has 4 bridgehead atoms. The van der Waals surface area contributed by atoms with E-state index in [1.54, 1.807) is 74.9 Å². The van der Waals surface area contributed by atoms with Crippen molar-refractivity contribution >= 4 is 94.9 Å². The number of amides is 2. The first kappa shape index (κ1) is 61.4. The molecule has 22 nitrogen and oxygen atoms in total. The molecule has 0 saturated heterocycles. The van der Waals surface area contributed by atoms with Gasteiger partial charge in [-0.25, -0.2) is 23.2 Å². The highest BCUT2D eigenvalue weighted by Gasteiger charge is 2.50. The van der Waals surface area contributed by atoms with Gasteiger partial charge in [0, 0.05) is 84.6 Å². The van der Waals surface area contributed by atoms with Crippen LogP contribution in [0.3, 0.4) is 0 Å². The number of nitrogens with zero attached hydrogens (tertiary/aromatic N) is 3. The number of ketones is 1. The summed E-state index contributed by atoms with van der Waals surface area (Å²) in [6, 6.07) is 14.9. The van der Waals surface area contributed by atoms with Crippen molar-refractivity contribution in [3.63, 3.8) is 0 Å². The van der Waals surface area contributed by atoms with E-state index < -0.39 is 99.2 Å². The zero-order valence-electron chi connectivity index (χ0n) is 47.4. The minimum absolute atomic E-state index is 0.00151. The predicted octanol–water partition coefficient (Wildman–Crippen LogP) is 9.05. The zero-order chi connectivity index (χ0) is 61.3. The molecule has 0 fully saturated rings. The average Bonchev–Trinajstić information content (AvgIpc) is 1.70. The Labute approximate surface area is 487 Å². The van der Waals surface area contributed by atoms with E-state index in [1.165, 1.54) is 88.9 Å². The summed E-state index contributed by atoms with van der Waals surface area (Å²) < 4.78 is 52.4. The number of aromatic nitrogens is 3. The van der Waals surface area contributed by atoms with Crippen LogP contribution >= 0.6 is 11.3 Å². The number of ether oxygens (including phenoxy) is 4. The molecule has 24 heteroatoms. The van der Waals surface area contributed by atoms with E-state index in [0.717, 1.165) is 16.9 Å². The Balaban J connectivity index is 0.000000284. The van der Waals surface area contributed by atoms with Gasteiger partial charge in [0.05, 0.1) is 51.5 Å². The fraction of sp³-hybridized carbons (Fsp3) is 0.317. The average molecular weight is 1190 g/mol. The second-order valence-electron chi connectivity index (χ2n) is 20.9. The molecular weight excluding hydrogens is 1120 g/mol. The van der Waals surface area contributed by atoms with Crippen molar-refractivity contribution in [3.8, 4) is 17.2 Å². The van der Waals surface area contributed by atoms with Crippen molar-refractivity contribution in [3.05, 3.63) is 142 Å². The van der Waals surface area contributed by atoms with Crippen molar-refractivity contribution in [1.29, 1.82) is 0 Å². The molecule has 0 saturated carbocycles. The van der Waals surface area contributed by atoms with Crippen LogP contribution in [0.2, 0.25) is 0 Å². The molecule has 9 rings (SSSR count). The van der Waals surface area contributed by atoms with Gasteiger partial charge >= 0.3 is 17.7 Å². The number of allylic oxidation sites excluding steroid dienone is 2. The standard InChI is InChI=1S/C43H51N3O11.C17H13N3O5S2/c1-19-14-16-46-28(18-19)44-32-29-30-37(50)25(7)40-31(29)41(52)43(9,57-40)55-17-15-27(54-10)22(4)39(56-26(8)47)24(6)36(49)23(5)35(48)20(2)12-11-13-21(3)42(53)45-33(34(32)46)38(30)51;21-15(13-3-1-2-4-14(13)16(22)23)19-11-5-7-12(8-6-11)27(24,25)20-17-18-9-10-26-17/h11-18,20,22-24,27,35-36,39,48-51H,1-10H3,(H,45,53);1-10H,(H,18,20)(H,19,21)(H,22,23)/b12-11-,17-15-,21-13-;/t20-,22+,23+,24+,27-,35-,36+,39+,43-;/m0./s1. The largest absolute Gasteiger partial charge is 0.507 e. The van der Waals surface area contributed by atoms with Gasteiger partial charge in [-0.3, -0.25) is 28.3 Å². The molecule has 2 amide bonds. The summed E-state index contributed by atoms with van der Waals surface area (Å²) in [7, 11) is -2.33. The molecule has 84 heavy (non-hydrogen) atoms. The fourth-order valence-corrected chi connectivity index (χ4v) is 12.0. The van der Waals surface area contributed by atoms with Crippen LogP contribution in [0.4, 0.5) is 16.5 Å². The maximum absolute atomic E-state index is 14.6. The van der Waals surface area contributed by atoms with Crippen LogP contribution in [0.1, 0.15) is 90.7 Å². The minimum Gasteiger partial charge on any atom is -0.507 e. The van der Waals surface area contributed by atoms with Gasteiger partial charge in [0.25, 0.3) is 27.6 Å². The highest BCUT2D eigenvalue weighted by Crippen LogP contribution is 2.54. The second kappa shape index (κ2) is 24.6. The number of sulfonamides is 1. The molecule has 9 atom stereocenters. The number of imidazole rings is 1. The summed E-state index contributed by atoms with van der Waals surface area (Å²) >= 11 is 1.15. The number of hydrogen-bond donors (Lipinski definition) is 8. The minimum atomic E-state index is -3.79. The molecule has 0 aliphatic carbocycles. The Hall–Kier alpha value is -8.68. The lowest BCUT2D eigenvalue weighted by Gasteiger charge is -2.38. The van der Waals surface area contributed by atoms with Crippen LogP contribution in [-0.2, 0) is 33.8 Å². The Morgan fingerprint density at radius 2 is 1.58 bits per heavy atom. The van der Waals surface area contributed by atoms with E-state index >= 15 is 0 Å². The van der Waals surface area contributed by atoms with Gasteiger partial charge in [-0.15, -0.1) is 11.3 Å². The van der Waals surface area contributed by atoms with Crippen LogP contribution in [-0.4, -0.2) is 115 Å². The van der Waals surface area contributed by atoms with Gasteiger partial charge < -0.3 is 55.1 Å². The van der Waals surface area contributed by atoms with E-state index in [1.807, 2.05) is 19.1 Å². The molecule has 3 aromatic heterocycles. The molecule has 442 valence electrons. The number of pyridine rings is 1. The first-order chi connectivity index (χ1) is 39.7. The summed E-state index contributed by atoms with van der Waals surface area (Å²) in [6.45, 7) is 14.7. The second-order valence-corrected chi connectivity index (χ2v) is 23.4. The van der Waals surface area contributed by atoms with Crippen molar-refractivity contribution in [1.82, 2.24) is 14.4 Å². The third-order valence-electron chi connectivity index (χ3n) is 15.0. The van der Waals surface area contributed by atoms with Gasteiger partial charge in [0.1, 0.15) is 40.0 Å². The quantitative estimate of drug-likeness (QED) is 0.0519. The Kier molecular flexibility index (Phi) is 18.0. The third kappa shape index (κ3) is 12.2. The number of aliphatic hydroxyl groups is 2. The van der Waals surface area contributed by atoms with E-state index in [4.69, 9.17) is 29.0 Å². The monoisotopic (exact) mass is 1190 g/mol. The number of anilines is 3. The maximum Gasteiger partial charge on any atom is 0.336 e. The molecule has 4 aromatic carbocycles. The first-order valence-corrected chi connectivity index (χ1v) is 28.8. The molecular formula is C60H64N6O16S2. The highest BCUT2D eigenvalue weighted by atomic mass is 32.2. The van der Waals surface area contributed by atoms with Gasteiger partial charge in [0.15, 0.2) is 10.9 Å². The topological polar surface area (TPSA) is 324 Å². The summed E-state index contributed by atoms with van der Waals surface area (Å²) in [6.07, 6.45) is 7.10. The van der Waals surface area contributed by atoms with Gasteiger partial charge in [-0.2, -0.15) is 0 Å². The zero-order valence-corrected chi connectivity index (χ0v) is 49.0. The summed E-state index contributed by atoms with van der Waals surface area (Å²) in [5, 5.41) is 63.0. The number of aromatic hydroxyl groups is 2. The number of carboxylic acid groups (broad SMARTS) is 1. The first-order valence-electron chi connectivity index (χ1n) is 26.5. The van der Waals surface area contributed by atoms with Crippen molar-refractivity contribution in [2.75, 3.05) is 22.5 Å². The molecule has 2 aliphatic heterocycles. The summed E-state index contributed by atoms with van der Waals surface area (Å²) in [5.74, 6) is -8.78. The number of carboxylic acids is 1. The van der Waals surface area contributed by atoms with Crippen molar-refractivity contribution in [2.24, 2.45) is 23.7 Å². The SMILES string of the molecule is CO[C@H]1/C=C\O[C@@]2(C)Oc3c(C)c(O)c4c(O)c(c5c(nc6cc(C)ccn65)c4c3C2=O)NC(=O)/C(C)=C\C=C/[C@H](C)[C@H](O)[C@@H](C)[C@@H](O)[C@@H](C)[C@H](OC(C)=O)[C@@H]1C.O=C(O)c1ccccc1C(=O)Nc1ccc(S(=O)(=O)Nc2nccs2)cc1. The smallest absolute Gasteiger partial charge is 0.336 e. The number of rotatable bonds is 8. The number of phenols is 2. The van der Waals surface area contributed by atoms with Gasteiger partial charge in [-0.05, 0) is 80.9 Å². The molecule has 0 spiro atoms. The van der Waals surface area contributed by atoms with E-state index in [9.17, 15) is 52.8 Å². The van der Waals surface area contributed by atoms with E-state index in [2.05, 4.69) is 20.3 Å². The van der Waals surface area contributed by atoms with Crippen molar-refractivity contribution < 1.29 is 76.9 Å². The van der Waals surface area contributed by atoms with E-state index in [0.29, 0.717) is 11.3 Å². The lowest BCUT2D eigenvalue weighted by atomic mass is 9.78. The highest BCUT2D eigenvalue weighted by molar-refractivity contribution is 7.93. The van der Waals surface area contributed by atoms with Crippen LogP contribution in [0.15, 0.2) is 119 Å². The Bertz CT molecular complexity index is 3930. The predicted molar refractivity (Wildman–Crippen MR) is 314 cm³/mol. The van der Waals surface area contributed by atoms with Crippen LogP contribution in [0.5, 0.6) is 17.2 Å². The number of Topliss-reactive ketones (excluding diaryl/α,β-unsaturated/α-hetero) is 1. The number of phenolic OH excluding ortho intramolecular Hbond substituents is 2. The van der Waals surface area contributed by atoms with E-state index in [-0.39, 0.29) is 76.8 Å². The molecule has 8 N–H and O–H groups in total. The number of esters is 1. The number of carbonyl (C=O) groups excluding carboxylic acids is 4. The van der Waals surface area contributed by atoms with Gasteiger partial charge in [-0.1, -0.05) is 58.1 Å². The number of aromatic carboxylic acids is 1. The third-order valence-corrected chi connectivity index (χ3v) is 17.2. The normalized spacial score (nSPS) is 24.5. The summed E-state index contributed by atoms with van der Waals surface area (Å²) in [4.78, 5) is 73.0. The number of aliphatic hydroxyl groups excluding tert-OH is 2. The Morgan fingerprint density at radius 1 is 0.893 bits per heavy atom. The Morgan fingerprint density at radius 3 is 2.23 bits per heavy atom. The van der Waals surface area contributed by atoms with Crippen LogP contribution < -0.4 is 20.1 Å². The summed E-state index contributed by atoms with van der Waals surface area (Å²) in [5.41, 5.74) is 2.39. The number of carbonyl (C=O) groups is 5. The number of hydrogen-bond acceptors (Lipinski definition) is 18. The molecule has 2 aliphatic rings. The van der Waals surface area contributed by atoms with Crippen LogP contribution in [0, 0.1) is 37.5 Å². The number of fused-ring (bicyclic) bond motifs is 2. The van der Waals surface area contributed by atoms with Crippen molar-refractivity contribution in [2.45, 2.75) is 97.4 Å².